The molecule has 27 heavy (non-hydrogen) atoms. The molecule has 0 unspecified atom stereocenters. The zero-order valence-electron chi connectivity index (χ0n) is 15.7. The van der Waals surface area contributed by atoms with Gasteiger partial charge in [-0.3, -0.25) is 10.2 Å². The molecule has 144 valence electrons. The Kier molecular flexibility index (Phi) is 5.67. The second kappa shape index (κ2) is 8.52. The molecular weight excluding hydrogens is 340 g/mol. The van der Waals surface area contributed by atoms with Crippen molar-refractivity contribution in [1.29, 1.82) is 0 Å². The zero-order valence-corrected chi connectivity index (χ0v) is 15.7. The summed E-state index contributed by atoms with van der Waals surface area (Å²) in [6, 6.07) is 8.77. The van der Waals surface area contributed by atoms with Crippen LogP contribution in [0, 0.1) is 0 Å². The lowest BCUT2D eigenvalue weighted by molar-refractivity contribution is 0.239. The number of carbonyl (C=O) groups is 1. The average Bonchev–Trinajstić information content (AvgIpc) is 3.17. The number of hydrogen-bond acceptors (Lipinski definition) is 4. The van der Waals surface area contributed by atoms with Crippen LogP contribution in [0.4, 0.5) is 10.7 Å². The quantitative estimate of drug-likeness (QED) is 0.851. The van der Waals surface area contributed by atoms with Gasteiger partial charge in [0.2, 0.25) is 5.95 Å². The van der Waals surface area contributed by atoms with E-state index in [9.17, 15) is 4.79 Å². The molecule has 2 aliphatic rings. The van der Waals surface area contributed by atoms with Crippen molar-refractivity contribution in [2.75, 3.05) is 25.0 Å². The number of hydrogen-bond donors (Lipinski definition) is 2. The van der Waals surface area contributed by atoms with E-state index in [1.807, 2.05) is 4.68 Å². The first kappa shape index (κ1) is 18.0. The van der Waals surface area contributed by atoms with E-state index in [-0.39, 0.29) is 6.03 Å². The van der Waals surface area contributed by atoms with Gasteiger partial charge in [-0.2, -0.15) is 0 Å². The highest BCUT2D eigenvalue weighted by Gasteiger charge is 2.18. The van der Waals surface area contributed by atoms with Crippen molar-refractivity contribution < 1.29 is 4.79 Å². The number of aromatic nitrogens is 3. The molecule has 2 heterocycles. The molecule has 0 saturated heterocycles. The number of nitrogens with zero attached hydrogens (tertiary/aromatic N) is 4. The molecule has 2 aromatic rings. The van der Waals surface area contributed by atoms with Crippen molar-refractivity contribution >= 4 is 12.0 Å². The lowest BCUT2D eigenvalue weighted by Crippen LogP contribution is -2.39. The van der Waals surface area contributed by atoms with Crippen LogP contribution in [0.1, 0.15) is 49.3 Å². The summed E-state index contributed by atoms with van der Waals surface area (Å²) in [5.74, 6) is 0.380. The van der Waals surface area contributed by atoms with Gasteiger partial charge in [0.15, 0.2) is 0 Å². The first-order chi connectivity index (χ1) is 13.3. The van der Waals surface area contributed by atoms with Crippen molar-refractivity contribution in [1.82, 2.24) is 25.0 Å². The molecule has 0 bridgehead atoms. The fourth-order valence-electron chi connectivity index (χ4n) is 4.07. The van der Waals surface area contributed by atoms with Crippen LogP contribution in [0.3, 0.4) is 0 Å². The number of nitrogens with one attached hydrogen (secondary N) is 2. The van der Waals surface area contributed by atoms with E-state index in [0.29, 0.717) is 18.5 Å². The molecular formula is C20H28N6O. The maximum Gasteiger partial charge on any atom is 0.321 e. The Morgan fingerprint density at radius 1 is 1.15 bits per heavy atom. The Hall–Kier alpha value is -2.41. The van der Waals surface area contributed by atoms with E-state index in [4.69, 9.17) is 0 Å². The van der Waals surface area contributed by atoms with Crippen molar-refractivity contribution in [2.24, 2.45) is 0 Å². The largest absolute Gasteiger partial charge is 0.337 e. The SMILES string of the molecule is O=C(NCCN1CCc2ccccc2C1)Nc1ncn(C2CCCCC2)n1. The minimum absolute atomic E-state index is 0.242. The molecule has 0 radical (unpaired) electrons. The fraction of sp³-hybridized carbons (Fsp3) is 0.550. The minimum atomic E-state index is -0.242. The summed E-state index contributed by atoms with van der Waals surface area (Å²) >= 11 is 0. The highest BCUT2D eigenvalue weighted by Crippen LogP contribution is 2.27. The number of anilines is 1. The summed E-state index contributed by atoms with van der Waals surface area (Å²) < 4.78 is 1.90. The van der Waals surface area contributed by atoms with Crippen LogP contribution in [0.5, 0.6) is 0 Å². The predicted octanol–water partition coefficient (Wildman–Crippen LogP) is 2.96. The van der Waals surface area contributed by atoms with Gasteiger partial charge in [0.1, 0.15) is 6.33 Å². The van der Waals surface area contributed by atoms with Crippen LogP contribution < -0.4 is 10.6 Å². The van der Waals surface area contributed by atoms with E-state index in [0.717, 1.165) is 38.9 Å². The van der Waals surface area contributed by atoms with Gasteiger partial charge in [0.25, 0.3) is 0 Å². The highest BCUT2D eigenvalue weighted by atomic mass is 16.2. The van der Waals surface area contributed by atoms with Gasteiger partial charge in [-0.05, 0) is 30.4 Å². The van der Waals surface area contributed by atoms with Gasteiger partial charge in [-0.15, -0.1) is 5.10 Å². The molecule has 1 aromatic heterocycles. The molecule has 0 spiro atoms. The Morgan fingerprint density at radius 3 is 2.81 bits per heavy atom. The summed E-state index contributed by atoms with van der Waals surface area (Å²) in [6.45, 7) is 3.43. The van der Waals surface area contributed by atoms with Gasteiger partial charge >= 0.3 is 6.03 Å². The predicted molar refractivity (Wildman–Crippen MR) is 105 cm³/mol. The molecule has 7 heteroatoms. The third kappa shape index (κ3) is 4.66. The lowest BCUT2D eigenvalue weighted by atomic mass is 9.96. The smallest absolute Gasteiger partial charge is 0.321 e. The van der Waals surface area contributed by atoms with Crippen LogP contribution in [-0.4, -0.2) is 45.3 Å². The molecule has 1 aromatic carbocycles. The molecule has 7 nitrogen and oxygen atoms in total. The number of amides is 2. The molecule has 2 amide bonds. The Balaban J connectivity index is 1.20. The van der Waals surface area contributed by atoms with Gasteiger partial charge < -0.3 is 5.32 Å². The summed E-state index contributed by atoms with van der Waals surface area (Å²) in [4.78, 5) is 18.7. The zero-order chi connectivity index (χ0) is 18.5. The van der Waals surface area contributed by atoms with E-state index < -0.39 is 0 Å². The van der Waals surface area contributed by atoms with Gasteiger partial charge in [0.05, 0.1) is 6.04 Å². The fourth-order valence-corrected chi connectivity index (χ4v) is 4.07. The van der Waals surface area contributed by atoms with Gasteiger partial charge in [-0.1, -0.05) is 43.5 Å². The number of urea groups is 1. The first-order valence-corrected chi connectivity index (χ1v) is 10.0. The normalized spacial score (nSPS) is 18.1. The standard InChI is InChI=1S/C20H28N6O/c27-20(23-19-22-15-26(24-19)18-8-2-1-3-9-18)21-11-13-25-12-10-16-6-4-5-7-17(16)14-25/h4-7,15,18H,1-3,8-14H2,(H2,21,23,24,27). The maximum atomic E-state index is 12.1. The molecule has 1 aliphatic carbocycles. The van der Waals surface area contributed by atoms with Crippen LogP contribution in [0.15, 0.2) is 30.6 Å². The molecule has 1 saturated carbocycles. The molecule has 1 aliphatic heterocycles. The van der Waals surface area contributed by atoms with Crippen molar-refractivity contribution in [2.45, 2.75) is 51.1 Å². The van der Waals surface area contributed by atoms with E-state index in [2.05, 4.69) is 49.9 Å². The topological polar surface area (TPSA) is 75.1 Å². The van der Waals surface area contributed by atoms with Gasteiger partial charge in [-0.25, -0.2) is 14.5 Å². The van der Waals surface area contributed by atoms with E-state index in [1.165, 1.54) is 30.4 Å². The van der Waals surface area contributed by atoms with Gasteiger partial charge in [0, 0.05) is 26.2 Å². The summed E-state index contributed by atoms with van der Waals surface area (Å²) in [7, 11) is 0. The van der Waals surface area contributed by atoms with Crippen molar-refractivity contribution in [3.05, 3.63) is 41.7 Å². The van der Waals surface area contributed by atoms with Crippen molar-refractivity contribution in [3.8, 4) is 0 Å². The molecule has 4 rings (SSSR count). The second-order valence-corrected chi connectivity index (χ2v) is 7.52. The molecule has 1 fully saturated rings. The Labute approximate surface area is 160 Å². The number of carbonyl (C=O) groups excluding carboxylic acids is 1. The third-order valence-electron chi connectivity index (χ3n) is 5.61. The maximum absolute atomic E-state index is 12.1. The van der Waals surface area contributed by atoms with Crippen LogP contribution in [-0.2, 0) is 13.0 Å². The second-order valence-electron chi connectivity index (χ2n) is 7.52. The highest BCUT2D eigenvalue weighted by molar-refractivity contribution is 5.87. The number of benzene rings is 1. The van der Waals surface area contributed by atoms with Crippen molar-refractivity contribution in [3.63, 3.8) is 0 Å². The van der Waals surface area contributed by atoms with E-state index >= 15 is 0 Å². The summed E-state index contributed by atoms with van der Waals surface area (Å²) in [6.07, 6.45) is 8.90. The average molecular weight is 368 g/mol. The summed E-state index contributed by atoms with van der Waals surface area (Å²) in [5.41, 5.74) is 2.84. The monoisotopic (exact) mass is 368 g/mol. The number of fused-ring (bicyclic) bond motifs is 1. The number of rotatable bonds is 5. The molecule has 2 N–H and O–H groups in total. The summed E-state index contributed by atoms with van der Waals surface area (Å²) in [5, 5.41) is 10.1. The Morgan fingerprint density at radius 2 is 1.96 bits per heavy atom. The lowest BCUT2D eigenvalue weighted by Gasteiger charge is -2.28. The molecule has 0 atom stereocenters. The third-order valence-corrected chi connectivity index (χ3v) is 5.61. The van der Waals surface area contributed by atoms with E-state index in [1.54, 1.807) is 6.33 Å². The Bertz CT molecular complexity index is 767. The van der Waals surface area contributed by atoms with Crippen LogP contribution in [0.2, 0.25) is 0 Å². The van der Waals surface area contributed by atoms with Crippen LogP contribution in [0.25, 0.3) is 0 Å². The van der Waals surface area contributed by atoms with Crippen LogP contribution >= 0.6 is 0 Å². The first-order valence-electron chi connectivity index (χ1n) is 10.0. The minimum Gasteiger partial charge on any atom is -0.337 e.